The van der Waals surface area contributed by atoms with E-state index in [2.05, 4.69) is 0 Å². The van der Waals surface area contributed by atoms with Crippen LogP contribution in [0.5, 0.6) is 5.75 Å². The molecule has 0 heterocycles. The number of ketones is 1. The fraction of sp³-hybridized carbons (Fsp3) is 0.200. The second-order valence-corrected chi connectivity index (χ2v) is 6.74. The molecule has 4 heteroatoms. The number of ether oxygens (including phenoxy) is 2. The maximum Gasteiger partial charge on any atom is 0.305 e. The third-order valence-corrected chi connectivity index (χ3v) is 4.75. The molecule has 0 fully saturated rings. The predicted octanol–water partition coefficient (Wildman–Crippen LogP) is 5.19. The lowest BCUT2D eigenvalue weighted by Crippen LogP contribution is -2.15. The van der Waals surface area contributed by atoms with Crippen molar-refractivity contribution in [2.75, 3.05) is 7.11 Å². The molecule has 3 aromatic carbocycles. The largest absolute Gasteiger partial charge is 0.489 e. The number of hydrogen-bond donors (Lipinski definition) is 0. The average molecular weight is 388 g/mol. The van der Waals surface area contributed by atoms with Crippen molar-refractivity contribution in [1.29, 1.82) is 0 Å². The summed E-state index contributed by atoms with van der Waals surface area (Å²) in [5.41, 5.74) is 2.51. The lowest BCUT2D eigenvalue weighted by atomic mass is 9.87. The third kappa shape index (κ3) is 5.79. The molecule has 0 saturated carbocycles. The van der Waals surface area contributed by atoms with Gasteiger partial charge in [0.1, 0.15) is 12.4 Å². The van der Waals surface area contributed by atoms with E-state index in [4.69, 9.17) is 9.47 Å². The van der Waals surface area contributed by atoms with Crippen LogP contribution in [0.2, 0.25) is 0 Å². The number of benzene rings is 3. The first-order valence-corrected chi connectivity index (χ1v) is 9.60. The second-order valence-electron chi connectivity index (χ2n) is 6.74. The molecule has 0 aliphatic heterocycles. The van der Waals surface area contributed by atoms with Crippen LogP contribution in [-0.2, 0) is 16.1 Å². The van der Waals surface area contributed by atoms with Gasteiger partial charge < -0.3 is 9.47 Å². The zero-order valence-electron chi connectivity index (χ0n) is 16.4. The molecule has 0 amide bonds. The van der Waals surface area contributed by atoms with E-state index in [-0.39, 0.29) is 18.2 Å². The van der Waals surface area contributed by atoms with Crippen molar-refractivity contribution in [3.63, 3.8) is 0 Å². The Kier molecular flexibility index (Phi) is 7.17. The molecule has 0 aliphatic rings. The summed E-state index contributed by atoms with van der Waals surface area (Å²) in [4.78, 5) is 24.9. The Labute approximate surface area is 171 Å². The highest BCUT2D eigenvalue weighted by atomic mass is 16.5. The lowest BCUT2D eigenvalue weighted by molar-refractivity contribution is -0.140. The Balaban J connectivity index is 1.77. The molecular weight excluding hydrogens is 364 g/mol. The summed E-state index contributed by atoms with van der Waals surface area (Å²) >= 11 is 0. The molecule has 0 bridgehead atoms. The van der Waals surface area contributed by atoms with Crippen molar-refractivity contribution in [2.45, 2.75) is 25.4 Å². The SMILES string of the molecule is COC(=O)CC[C@@H](C(=O)c1cccc(OCc2ccccc2)c1)c1ccccc1. The van der Waals surface area contributed by atoms with Crippen LogP contribution in [0.3, 0.4) is 0 Å². The van der Waals surface area contributed by atoms with Crippen LogP contribution < -0.4 is 4.74 Å². The van der Waals surface area contributed by atoms with Gasteiger partial charge in [0.2, 0.25) is 0 Å². The summed E-state index contributed by atoms with van der Waals surface area (Å²) in [6.07, 6.45) is 0.580. The van der Waals surface area contributed by atoms with Gasteiger partial charge in [0.25, 0.3) is 0 Å². The quantitative estimate of drug-likeness (QED) is 0.374. The van der Waals surface area contributed by atoms with E-state index < -0.39 is 5.92 Å². The number of carbonyl (C=O) groups is 2. The monoisotopic (exact) mass is 388 g/mol. The van der Waals surface area contributed by atoms with Gasteiger partial charge in [-0.25, -0.2) is 0 Å². The van der Waals surface area contributed by atoms with E-state index in [1.807, 2.05) is 72.8 Å². The summed E-state index contributed by atoms with van der Waals surface area (Å²) in [6.45, 7) is 0.433. The Morgan fingerprint density at radius 2 is 1.55 bits per heavy atom. The first kappa shape index (κ1) is 20.3. The first-order chi connectivity index (χ1) is 14.2. The lowest BCUT2D eigenvalue weighted by Gasteiger charge is -2.16. The molecule has 0 spiro atoms. The van der Waals surface area contributed by atoms with Crippen LogP contribution >= 0.6 is 0 Å². The van der Waals surface area contributed by atoms with E-state index in [0.717, 1.165) is 11.1 Å². The molecule has 0 unspecified atom stereocenters. The van der Waals surface area contributed by atoms with Crippen molar-refractivity contribution < 1.29 is 19.1 Å². The van der Waals surface area contributed by atoms with Gasteiger partial charge in [-0.15, -0.1) is 0 Å². The van der Waals surface area contributed by atoms with Crippen LogP contribution in [0.1, 0.15) is 40.2 Å². The zero-order chi connectivity index (χ0) is 20.5. The van der Waals surface area contributed by atoms with Crippen molar-refractivity contribution >= 4 is 11.8 Å². The molecule has 0 aromatic heterocycles. The zero-order valence-corrected chi connectivity index (χ0v) is 16.4. The third-order valence-electron chi connectivity index (χ3n) is 4.75. The summed E-state index contributed by atoms with van der Waals surface area (Å²) in [7, 11) is 1.36. The number of esters is 1. The summed E-state index contributed by atoms with van der Waals surface area (Å²) < 4.78 is 10.6. The molecule has 29 heavy (non-hydrogen) atoms. The molecule has 4 nitrogen and oxygen atoms in total. The standard InChI is InChI=1S/C25H24O4/c1-28-24(26)16-15-23(20-11-6-3-7-12-20)25(27)21-13-8-14-22(17-21)29-18-19-9-4-2-5-10-19/h2-14,17,23H,15-16,18H2,1H3/t23-/m1/s1. The molecule has 3 aromatic rings. The predicted molar refractivity (Wildman–Crippen MR) is 112 cm³/mol. The van der Waals surface area contributed by atoms with Gasteiger partial charge in [0.15, 0.2) is 5.78 Å². The fourth-order valence-electron chi connectivity index (χ4n) is 3.18. The van der Waals surface area contributed by atoms with Crippen LogP contribution in [-0.4, -0.2) is 18.9 Å². The van der Waals surface area contributed by atoms with Gasteiger partial charge >= 0.3 is 5.97 Å². The van der Waals surface area contributed by atoms with E-state index in [1.165, 1.54) is 7.11 Å². The maximum absolute atomic E-state index is 13.3. The number of rotatable bonds is 9. The maximum atomic E-state index is 13.3. The van der Waals surface area contributed by atoms with Gasteiger partial charge in [0.05, 0.1) is 7.11 Å². The van der Waals surface area contributed by atoms with Gasteiger partial charge in [-0.2, -0.15) is 0 Å². The van der Waals surface area contributed by atoms with Crippen molar-refractivity contribution in [1.82, 2.24) is 0 Å². The van der Waals surface area contributed by atoms with E-state index >= 15 is 0 Å². The van der Waals surface area contributed by atoms with Gasteiger partial charge in [-0.1, -0.05) is 72.8 Å². The van der Waals surface area contributed by atoms with Crippen molar-refractivity contribution in [3.8, 4) is 5.75 Å². The summed E-state index contributed by atoms with van der Waals surface area (Å²) in [5, 5.41) is 0. The Morgan fingerprint density at radius 3 is 2.24 bits per heavy atom. The van der Waals surface area contributed by atoms with Crippen molar-refractivity contribution in [3.05, 3.63) is 102 Å². The highest BCUT2D eigenvalue weighted by molar-refractivity contribution is 6.01. The van der Waals surface area contributed by atoms with E-state index in [0.29, 0.717) is 24.3 Å². The Morgan fingerprint density at radius 1 is 0.862 bits per heavy atom. The van der Waals surface area contributed by atoms with Gasteiger partial charge in [-0.3, -0.25) is 9.59 Å². The van der Waals surface area contributed by atoms with Gasteiger partial charge in [0, 0.05) is 17.9 Å². The first-order valence-electron chi connectivity index (χ1n) is 9.60. The van der Waals surface area contributed by atoms with Crippen LogP contribution in [0.25, 0.3) is 0 Å². The second kappa shape index (κ2) is 10.2. The molecule has 0 aliphatic carbocycles. The van der Waals surface area contributed by atoms with Crippen LogP contribution in [0, 0.1) is 0 Å². The number of methoxy groups -OCH3 is 1. The highest BCUT2D eigenvalue weighted by Gasteiger charge is 2.23. The Hall–Kier alpha value is -3.40. The molecular formula is C25H24O4. The Bertz CT molecular complexity index is 935. The fourth-order valence-corrected chi connectivity index (χ4v) is 3.18. The molecule has 0 N–H and O–H groups in total. The molecule has 3 rings (SSSR count). The summed E-state index contributed by atoms with van der Waals surface area (Å²) in [6, 6.07) is 26.6. The highest BCUT2D eigenvalue weighted by Crippen LogP contribution is 2.27. The van der Waals surface area contributed by atoms with Crippen molar-refractivity contribution in [2.24, 2.45) is 0 Å². The average Bonchev–Trinajstić information content (AvgIpc) is 2.79. The molecule has 0 radical (unpaired) electrons. The van der Waals surface area contributed by atoms with Crippen LogP contribution in [0.15, 0.2) is 84.9 Å². The van der Waals surface area contributed by atoms with Crippen LogP contribution in [0.4, 0.5) is 0 Å². The summed E-state index contributed by atoms with van der Waals surface area (Å²) in [5.74, 6) is -0.136. The van der Waals surface area contributed by atoms with Gasteiger partial charge in [-0.05, 0) is 29.7 Å². The van der Waals surface area contributed by atoms with E-state index in [9.17, 15) is 9.59 Å². The minimum absolute atomic E-state index is 0.0368. The minimum atomic E-state index is -0.417. The number of hydrogen-bond acceptors (Lipinski definition) is 4. The number of Topliss-reactive ketones (excluding diaryl/α,β-unsaturated/α-hetero) is 1. The normalized spacial score (nSPS) is 11.5. The molecule has 1 atom stereocenters. The van der Waals surface area contributed by atoms with E-state index in [1.54, 1.807) is 12.1 Å². The molecule has 0 saturated heterocycles. The minimum Gasteiger partial charge on any atom is -0.489 e. The topological polar surface area (TPSA) is 52.6 Å². The number of carbonyl (C=O) groups excluding carboxylic acids is 2. The smallest absolute Gasteiger partial charge is 0.305 e. The molecule has 148 valence electrons.